The molecule has 8 N–H and O–H groups in total. The summed E-state index contributed by atoms with van der Waals surface area (Å²) in [7, 11) is 0. The van der Waals surface area contributed by atoms with Crippen LogP contribution in [0.1, 0.15) is 58.8 Å². The van der Waals surface area contributed by atoms with Gasteiger partial charge in [0, 0.05) is 11.8 Å². The van der Waals surface area contributed by atoms with E-state index in [0.29, 0.717) is 19.3 Å². The highest BCUT2D eigenvalue weighted by atomic mass is 16.3. The van der Waals surface area contributed by atoms with E-state index in [9.17, 15) is 24.9 Å². The first-order valence-corrected chi connectivity index (χ1v) is 12.3. The van der Waals surface area contributed by atoms with Gasteiger partial charge in [0.05, 0.1) is 31.5 Å². The summed E-state index contributed by atoms with van der Waals surface area (Å²) in [6, 6.07) is 0. The first-order chi connectivity index (χ1) is 15.9. The molecule has 4 aliphatic carbocycles. The summed E-state index contributed by atoms with van der Waals surface area (Å²) in [6.45, 7) is 2.25. The summed E-state index contributed by atoms with van der Waals surface area (Å²) in [6.07, 6.45) is 5.74. The van der Waals surface area contributed by atoms with Gasteiger partial charge in [-0.15, -0.1) is 0 Å². The van der Waals surface area contributed by atoms with Crippen LogP contribution < -0.4 is 5.73 Å². The Balaban J connectivity index is 0.000000350. The number of ketones is 2. The number of hydrogen-bond donors (Lipinski definition) is 7. The Morgan fingerprint density at radius 1 is 1.09 bits per heavy atom. The zero-order chi connectivity index (χ0) is 25.5. The number of carbonyl (C=O) groups excluding carboxylic acids is 2. The third kappa shape index (κ3) is 4.19. The summed E-state index contributed by atoms with van der Waals surface area (Å²) < 4.78 is 0. The minimum absolute atomic E-state index is 0.0697. The smallest absolute Gasteiger partial charge is 0.190 e. The average Bonchev–Trinajstić information content (AvgIpc) is 3.09. The van der Waals surface area contributed by atoms with Crippen LogP contribution in [0.5, 0.6) is 0 Å². The highest BCUT2D eigenvalue weighted by Gasteiger charge is 2.68. The van der Waals surface area contributed by atoms with Crippen molar-refractivity contribution in [3.8, 4) is 0 Å². The van der Waals surface area contributed by atoms with Crippen LogP contribution in [0.2, 0.25) is 0 Å². The lowest BCUT2D eigenvalue weighted by Gasteiger charge is -2.60. The van der Waals surface area contributed by atoms with Gasteiger partial charge in [0.1, 0.15) is 12.2 Å². The molecule has 194 valence electrons. The number of aliphatic hydroxyl groups is 6. The average molecular weight is 484 g/mol. The number of rotatable bonds is 5. The zero-order valence-corrected chi connectivity index (χ0v) is 20.2. The van der Waals surface area contributed by atoms with Crippen LogP contribution in [0.15, 0.2) is 11.6 Å². The second-order valence-electron chi connectivity index (χ2n) is 11.4. The maximum Gasteiger partial charge on any atom is 0.190 e. The lowest BCUT2D eigenvalue weighted by atomic mass is 9.45. The van der Waals surface area contributed by atoms with Crippen molar-refractivity contribution < 1.29 is 40.2 Å². The third-order valence-electron chi connectivity index (χ3n) is 9.60. The molecule has 0 amide bonds. The molecule has 0 saturated heterocycles. The topological polar surface area (TPSA) is 182 Å². The molecule has 7 atom stereocenters. The second kappa shape index (κ2) is 9.69. The Labute approximate surface area is 200 Å². The van der Waals surface area contributed by atoms with Crippen LogP contribution in [-0.2, 0) is 9.59 Å². The summed E-state index contributed by atoms with van der Waals surface area (Å²) in [5, 5.41) is 56.7. The van der Waals surface area contributed by atoms with Crippen molar-refractivity contribution in [3.05, 3.63) is 11.6 Å². The fraction of sp³-hybridized carbons (Fsp3) is 0.840. The lowest BCUT2D eigenvalue weighted by molar-refractivity contribution is -0.182. The first kappa shape index (κ1) is 27.4. The number of carbonyl (C=O) groups is 2. The van der Waals surface area contributed by atoms with Gasteiger partial charge < -0.3 is 36.4 Å². The molecular formula is C25H41NO8. The van der Waals surface area contributed by atoms with Crippen LogP contribution in [0.4, 0.5) is 0 Å². The summed E-state index contributed by atoms with van der Waals surface area (Å²) in [5.74, 6) is 0.140. The SMILES string of the molecule is C[C@]12CCC(=O)C=C1CC[C@@H]1[C@@H]2[C@@H](O)C[C@@]2(C)[C@H]1CC[C@]2(O)C(=O)CO.NC(CO)(CO)CO. The van der Waals surface area contributed by atoms with Gasteiger partial charge in [-0.25, -0.2) is 0 Å². The van der Waals surface area contributed by atoms with E-state index in [1.807, 2.05) is 6.92 Å². The molecule has 0 unspecified atom stereocenters. The van der Waals surface area contributed by atoms with E-state index >= 15 is 0 Å². The molecular weight excluding hydrogens is 442 g/mol. The van der Waals surface area contributed by atoms with Gasteiger partial charge in [-0.05, 0) is 67.8 Å². The fourth-order valence-corrected chi connectivity index (χ4v) is 7.43. The summed E-state index contributed by atoms with van der Waals surface area (Å²) in [4.78, 5) is 24.3. The van der Waals surface area contributed by atoms with Gasteiger partial charge in [0.15, 0.2) is 11.6 Å². The number of Topliss-reactive ketones (excluding diaryl/α,β-unsaturated/α-hetero) is 1. The van der Waals surface area contributed by atoms with E-state index in [1.54, 1.807) is 6.08 Å². The maximum absolute atomic E-state index is 12.4. The van der Waals surface area contributed by atoms with Crippen LogP contribution in [0.3, 0.4) is 0 Å². The molecule has 0 heterocycles. The third-order valence-corrected chi connectivity index (χ3v) is 9.60. The van der Waals surface area contributed by atoms with Gasteiger partial charge >= 0.3 is 0 Å². The van der Waals surface area contributed by atoms with E-state index in [1.165, 1.54) is 5.57 Å². The van der Waals surface area contributed by atoms with Gasteiger partial charge in [0.2, 0.25) is 0 Å². The molecule has 3 saturated carbocycles. The predicted molar refractivity (Wildman–Crippen MR) is 123 cm³/mol. The highest BCUT2D eigenvalue weighted by Crippen LogP contribution is 2.67. The van der Waals surface area contributed by atoms with Crippen molar-refractivity contribution in [1.29, 1.82) is 0 Å². The molecule has 0 aromatic heterocycles. The fourth-order valence-electron chi connectivity index (χ4n) is 7.43. The number of aliphatic hydroxyl groups excluding tert-OH is 5. The van der Waals surface area contributed by atoms with Crippen molar-refractivity contribution in [2.75, 3.05) is 26.4 Å². The molecule has 34 heavy (non-hydrogen) atoms. The number of hydrogen-bond acceptors (Lipinski definition) is 9. The highest BCUT2D eigenvalue weighted by molar-refractivity contribution is 5.91. The van der Waals surface area contributed by atoms with Crippen LogP contribution in [0.25, 0.3) is 0 Å². The Morgan fingerprint density at radius 2 is 1.71 bits per heavy atom. The number of allylic oxidation sites excluding steroid dienone is 1. The molecule has 0 radical (unpaired) electrons. The van der Waals surface area contributed by atoms with E-state index in [-0.39, 0.29) is 29.0 Å². The molecule has 0 bridgehead atoms. The van der Waals surface area contributed by atoms with Gasteiger partial charge in [0.25, 0.3) is 0 Å². The molecule has 0 aromatic rings. The van der Waals surface area contributed by atoms with Crippen LogP contribution in [0, 0.1) is 28.6 Å². The number of nitrogens with two attached hydrogens (primary N) is 1. The van der Waals surface area contributed by atoms with Gasteiger partial charge in [-0.2, -0.15) is 0 Å². The Morgan fingerprint density at radius 3 is 2.24 bits per heavy atom. The van der Waals surface area contributed by atoms with Crippen molar-refractivity contribution in [3.63, 3.8) is 0 Å². The molecule has 9 nitrogen and oxygen atoms in total. The van der Waals surface area contributed by atoms with Crippen molar-refractivity contribution in [2.45, 2.75) is 76.0 Å². The van der Waals surface area contributed by atoms with E-state index < -0.39 is 54.9 Å². The molecule has 0 aromatic carbocycles. The first-order valence-electron chi connectivity index (χ1n) is 12.3. The lowest BCUT2D eigenvalue weighted by Crippen LogP contribution is -2.62. The molecule has 0 aliphatic heterocycles. The zero-order valence-electron chi connectivity index (χ0n) is 20.2. The quantitative estimate of drug-likeness (QED) is 0.270. The van der Waals surface area contributed by atoms with Crippen molar-refractivity contribution >= 4 is 11.6 Å². The number of fused-ring (bicyclic) bond motifs is 5. The Hall–Kier alpha value is -1.20. The second-order valence-corrected chi connectivity index (χ2v) is 11.4. The van der Waals surface area contributed by atoms with Crippen molar-refractivity contribution in [2.24, 2.45) is 34.3 Å². The summed E-state index contributed by atoms with van der Waals surface area (Å²) >= 11 is 0. The van der Waals surface area contributed by atoms with Gasteiger partial charge in [-0.3, -0.25) is 9.59 Å². The van der Waals surface area contributed by atoms with Gasteiger partial charge in [-0.1, -0.05) is 19.4 Å². The molecule has 3 fully saturated rings. The molecule has 9 heteroatoms. The van der Waals surface area contributed by atoms with Crippen molar-refractivity contribution in [1.82, 2.24) is 0 Å². The minimum Gasteiger partial charge on any atom is -0.394 e. The molecule has 4 rings (SSSR count). The minimum atomic E-state index is -1.54. The standard InChI is InChI=1S/C21H30O5.C4H11NO3/c1-19-7-5-13(23)9-12(19)3-4-14-15-6-8-21(26,17(25)11-22)20(15,2)10-16(24)18(14)19;5-4(1-6,2-7)3-8/h9,14-16,18,22,24,26H,3-8,10-11H2,1-2H3;6-8H,1-3,5H2/t14-,15-,16-,18+,19-,20-,21-;/m0./s1. The van der Waals surface area contributed by atoms with E-state index in [2.05, 4.69) is 6.92 Å². The van der Waals surface area contributed by atoms with Crippen LogP contribution in [-0.4, -0.2) is 85.9 Å². The van der Waals surface area contributed by atoms with E-state index in [0.717, 1.165) is 25.7 Å². The summed E-state index contributed by atoms with van der Waals surface area (Å²) in [5.41, 5.74) is 2.71. The van der Waals surface area contributed by atoms with Crippen LogP contribution >= 0.6 is 0 Å². The molecule has 4 aliphatic rings. The molecule has 0 spiro atoms. The Bertz CT molecular complexity index is 817. The Kier molecular flexibility index (Phi) is 7.80. The monoisotopic (exact) mass is 483 g/mol. The van der Waals surface area contributed by atoms with E-state index in [4.69, 9.17) is 21.1 Å². The largest absolute Gasteiger partial charge is 0.394 e. The normalized spacial score (nSPS) is 41.4. The predicted octanol–water partition coefficient (Wildman–Crippen LogP) is -0.558. The maximum atomic E-state index is 12.4.